The minimum Gasteiger partial charge on any atom is -0.494 e. The van der Waals surface area contributed by atoms with Crippen molar-refractivity contribution in [1.82, 2.24) is 15.2 Å². The fourth-order valence-corrected chi connectivity index (χ4v) is 3.51. The second-order valence-corrected chi connectivity index (χ2v) is 7.20. The summed E-state index contributed by atoms with van der Waals surface area (Å²) in [6.07, 6.45) is 2.61. The van der Waals surface area contributed by atoms with Gasteiger partial charge in [-0.25, -0.2) is 9.78 Å². The van der Waals surface area contributed by atoms with Crippen LogP contribution in [0.3, 0.4) is 0 Å². The zero-order chi connectivity index (χ0) is 18.4. The molecule has 1 unspecified atom stereocenters. The molecule has 26 heavy (non-hydrogen) atoms. The van der Waals surface area contributed by atoms with Crippen molar-refractivity contribution in [2.24, 2.45) is 0 Å². The number of benzene rings is 1. The number of thiazole rings is 1. The van der Waals surface area contributed by atoms with Crippen molar-refractivity contribution in [1.29, 1.82) is 0 Å². The molecule has 0 bridgehead atoms. The van der Waals surface area contributed by atoms with Crippen molar-refractivity contribution in [3.05, 3.63) is 45.9 Å². The highest BCUT2D eigenvalue weighted by Gasteiger charge is 2.26. The largest absolute Gasteiger partial charge is 0.494 e. The molecule has 1 fully saturated rings. The van der Waals surface area contributed by atoms with Gasteiger partial charge in [0.1, 0.15) is 16.9 Å². The van der Waals surface area contributed by atoms with E-state index < -0.39 is 0 Å². The number of nitrogens with one attached hydrogen (secondary N) is 1. The van der Waals surface area contributed by atoms with Gasteiger partial charge in [-0.15, -0.1) is 11.3 Å². The molecule has 0 aliphatic carbocycles. The number of carbonyl (C=O) groups is 1. The van der Waals surface area contributed by atoms with Crippen LogP contribution in [0.25, 0.3) is 0 Å². The van der Waals surface area contributed by atoms with Gasteiger partial charge < -0.3 is 19.7 Å². The molecule has 7 heteroatoms. The van der Waals surface area contributed by atoms with Gasteiger partial charge in [0.25, 0.3) is 0 Å². The van der Waals surface area contributed by atoms with E-state index in [2.05, 4.69) is 17.2 Å². The Morgan fingerprint density at radius 3 is 3.12 bits per heavy atom. The predicted octanol–water partition coefficient (Wildman–Crippen LogP) is 3.52. The fraction of sp³-hybridized carbons (Fsp3) is 0.474. The molecule has 0 spiro atoms. The van der Waals surface area contributed by atoms with E-state index in [-0.39, 0.29) is 12.1 Å². The summed E-state index contributed by atoms with van der Waals surface area (Å²) in [5, 5.41) is 5.85. The van der Waals surface area contributed by atoms with Crippen LogP contribution in [0, 0.1) is 6.92 Å². The van der Waals surface area contributed by atoms with Gasteiger partial charge in [-0.1, -0.05) is 13.0 Å². The molecule has 0 saturated carbocycles. The van der Waals surface area contributed by atoms with Crippen LogP contribution < -0.4 is 10.1 Å². The third kappa shape index (κ3) is 4.74. The van der Waals surface area contributed by atoms with E-state index in [1.54, 1.807) is 22.4 Å². The number of rotatable bonds is 6. The van der Waals surface area contributed by atoms with Crippen LogP contribution >= 0.6 is 11.3 Å². The lowest BCUT2D eigenvalue weighted by Gasteiger charge is -2.32. The first-order valence-corrected chi connectivity index (χ1v) is 9.81. The molecule has 2 heterocycles. The molecule has 140 valence electrons. The number of hydrogen-bond acceptors (Lipinski definition) is 5. The summed E-state index contributed by atoms with van der Waals surface area (Å²) in [4.78, 5) is 18.6. The maximum Gasteiger partial charge on any atom is 0.317 e. The number of nitrogens with zero attached hydrogens (tertiary/aromatic N) is 2. The van der Waals surface area contributed by atoms with Crippen LogP contribution in [0.2, 0.25) is 0 Å². The van der Waals surface area contributed by atoms with E-state index in [1.165, 1.54) is 0 Å². The molecule has 3 rings (SSSR count). The summed E-state index contributed by atoms with van der Waals surface area (Å²) in [6, 6.07) is 5.92. The van der Waals surface area contributed by atoms with Crippen LogP contribution in [0.15, 0.2) is 29.8 Å². The molecule has 1 aliphatic heterocycles. The van der Waals surface area contributed by atoms with Gasteiger partial charge in [0.2, 0.25) is 0 Å². The van der Waals surface area contributed by atoms with Crippen LogP contribution in [0.5, 0.6) is 5.75 Å². The number of urea groups is 1. The van der Waals surface area contributed by atoms with E-state index in [0.717, 1.165) is 28.3 Å². The van der Waals surface area contributed by atoms with Crippen LogP contribution in [0.4, 0.5) is 4.79 Å². The number of aromatic nitrogens is 1. The minimum atomic E-state index is -0.133. The van der Waals surface area contributed by atoms with Gasteiger partial charge in [0, 0.05) is 24.7 Å². The van der Waals surface area contributed by atoms with E-state index in [0.29, 0.717) is 32.8 Å². The highest BCUT2D eigenvalue weighted by molar-refractivity contribution is 7.09. The number of morpholine rings is 1. The third-order valence-corrected chi connectivity index (χ3v) is 5.17. The zero-order valence-corrected chi connectivity index (χ0v) is 16.1. The number of amides is 2. The maximum atomic E-state index is 12.5. The van der Waals surface area contributed by atoms with Crippen molar-refractivity contribution in [3.8, 4) is 5.75 Å². The van der Waals surface area contributed by atoms with Gasteiger partial charge in [-0.2, -0.15) is 0 Å². The van der Waals surface area contributed by atoms with Crippen LogP contribution in [0.1, 0.15) is 35.6 Å². The molecule has 1 saturated heterocycles. The quantitative estimate of drug-likeness (QED) is 0.839. The lowest BCUT2D eigenvalue weighted by molar-refractivity contribution is -0.0155. The van der Waals surface area contributed by atoms with Crippen molar-refractivity contribution < 1.29 is 14.3 Å². The average molecular weight is 375 g/mol. The van der Waals surface area contributed by atoms with Crippen LogP contribution in [-0.4, -0.2) is 42.2 Å². The summed E-state index contributed by atoms with van der Waals surface area (Å²) >= 11 is 1.56. The third-order valence-electron chi connectivity index (χ3n) is 4.30. The van der Waals surface area contributed by atoms with Gasteiger partial charge in [0.15, 0.2) is 0 Å². The molecule has 1 aromatic carbocycles. The van der Waals surface area contributed by atoms with E-state index >= 15 is 0 Å². The lowest BCUT2D eigenvalue weighted by atomic mass is 10.1. The summed E-state index contributed by atoms with van der Waals surface area (Å²) in [7, 11) is 0. The summed E-state index contributed by atoms with van der Waals surface area (Å²) in [5.74, 6) is 0.874. The Balaban J connectivity index is 1.53. The SMILES string of the molecule is CCCOc1ccc(CNC(=O)N2CCOC(c3nccs3)C2)c(C)c1. The molecule has 1 N–H and O–H groups in total. The second kappa shape index (κ2) is 9.00. The first-order chi connectivity index (χ1) is 12.7. The van der Waals surface area contributed by atoms with Crippen molar-refractivity contribution in [2.45, 2.75) is 32.9 Å². The fourth-order valence-electron chi connectivity index (χ4n) is 2.84. The molecule has 1 aliphatic rings. The molecule has 6 nitrogen and oxygen atoms in total. The average Bonchev–Trinajstić information content (AvgIpc) is 3.20. The maximum absolute atomic E-state index is 12.5. The zero-order valence-electron chi connectivity index (χ0n) is 15.2. The Hall–Kier alpha value is -2.12. The number of carbonyl (C=O) groups excluding carboxylic acids is 1. The Kier molecular flexibility index (Phi) is 6.46. The Labute approximate surface area is 158 Å². The lowest BCUT2D eigenvalue weighted by Crippen LogP contribution is -2.47. The van der Waals surface area contributed by atoms with Gasteiger partial charge in [-0.3, -0.25) is 0 Å². The van der Waals surface area contributed by atoms with Gasteiger partial charge in [-0.05, 0) is 36.6 Å². The van der Waals surface area contributed by atoms with Gasteiger partial charge >= 0.3 is 6.03 Å². The standard InChI is InChI=1S/C19H25N3O3S/c1-3-8-24-16-5-4-15(14(2)11-16)12-21-19(23)22-7-9-25-17(13-22)18-20-6-10-26-18/h4-6,10-11,17H,3,7-9,12-13H2,1-2H3,(H,21,23). The summed E-state index contributed by atoms with van der Waals surface area (Å²) < 4.78 is 11.4. The van der Waals surface area contributed by atoms with E-state index in [9.17, 15) is 4.79 Å². The van der Waals surface area contributed by atoms with E-state index in [4.69, 9.17) is 9.47 Å². The summed E-state index contributed by atoms with van der Waals surface area (Å²) in [6.45, 7) is 6.98. The Morgan fingerprint density at radius 2 is 2.38 bits per heavy atom. The smallest absolute Gasteiger partial charge is 0.317 e. The molecule has 1 aromatic heterocycles. The van der Waals surface area contributed by atoms with Crippen molar-refractivity contribution >= 4 is 17.4 Å². The molecular formula is C19H25N3O3S. The number of ether oxygens (including phenoxy) is 2. The highest BCUT2D eigenvalue weighted by Crippen LogP contribution is 2.24. The van der Waals surface area contributed by atoms with Gasteiger partial charge in [0.05, 0.1) is 19.8 Å². The summed E-state index contributed by atoms with van der Waals surface area (Å²) in [5.41, 5.74) is 2.20. The molecule has 2 amide bonds. The molecule has 1 atom stereocenters. The molecule has 2 aromatic rings. The first-order valence-electron chi connectivity index (χ1n) is 8.93. The molecular weight excluding hydrogens is 350 g/mol. The number of aryl methyl sites for hydroxylation is 1. The second-order valence-electron chi connectivity index (χ2n) is 6.27. The van der Waals surface area contributed by atoms with Crippen molar-refractivity contribution in [3.63, 3.8) is 0 Å². The first kappa shape index (κ1) is 18.7. The Morgan fingerprint density at radius 1 is 1.50 bits per heavy atom. The molecule has 0 radical (unpaired) electrons. The van der Waals surface area contributed by atoms with Crippen molar-refractivity contribution in [2.75, 3.05) is 26.3 Å². The predicted molar refractivity (Wildman–Crippen MR) is 102 cm³/mol. The topological polar surface area (TPSA) is 63.7 Å². The highest BCUT2D eigenvalue weighted by atomic mass is 32.1. The van der Waals surface area contributed by atoms with Crippen LogP contribution in [-0.2, 0) is 11.3 Å². The normalized spacial score (nSPS) is 17.2. The monoisotopic (exact) mass is 375 g/mol. The van der Waals surface area contributed by atoms with E-state index in [1.807, 2.05) is 30.5 Å². The minimum absolute atomic E-state index is 0.0689. The number of hydrogen-bond donors (Lipinski definition) is 1. The Bertz CT molecular complexity index is 721.